The van der Waals surface area contributed by atoms with E-state index in [0.29, 0.717) is 27.9 Å². The molecule has 9 aromatic rings. The maximum absolute atomic E-state index is 10.2. The maximum atomic E-state index is 10.2. The third kappa shape index (κ3) is 8.62. The van der Waals surface area contributed by atoms with Gasteiger partial charge in [0.05, 0.1) is 17.2 Å². The summed E-state index contributed by atoms with van der Waals surface area (Å²) < 4.78 is 70.2. The van der Waals surface area contributed by atoms with E-state index >= 15 is 0 Å². The van der Waals surface area contributed by atoms with Crippen LogP contribution in [0.4, 0.5) is 0 Å². The van der Waals surface area contributed by atoms with Crippen LogP contribution in [0.25, 0.3) is 77.1 Å². The Balaban J connectivity index is 0.000000280. The van der Waals surface area contributed by atoms with Gasteiger partial charge in [0.25, 0.3) is 0 Å². The molecule has 0 spiro atoms. The van der Waals surface area contributed by atoms with Crippen LogP contribution in [0.5, 0.6) is 0 Å². The average Bonchev–Trinajstić information content (AvgIpc) is 3.64. The molecule has 0 fully saturated rings. The summed E-state index contributed by atoms with van der Waals surface area (Å²) in [6.45, 7) is 6.93. The molecular weight excluding hydrogens is 899 g/mol. The normalized spacial score (nSPS) is 14.3. The number of hydrogen-bond acceptors (Lipinski definition) is 4. The first-order valence-electron chi connectivity index (χ1n) is 23.2. The smallest absolute Gasteiger partial charge is 0.121 e. The zero-order valence-electron chi connectivity index (χ0n) is 41.7. The van der Waals surface area contributed by atoms with E-state index in [2.05, 4.69) is 91.4 Å². The summed E-state index contributed by atoms with van der Waals surface area (Å²) in [6.07, 6.45) is 1.33. The molecule has 3 heterocycles. The molecule has 0 N–H and O–H groups in total. The van der Waals surface area contributed by atoms with E-state index in [1.54, 1.807) is 12.3 Å². The number of nitrogens with zero attached hydrogens (tertiary/aromatic N) is 3. The molecule has 0 bridgehead atoms. The predicted molar refractivity (Wildman–Crippen MR) is 241 cm³/mol. The molecule has 0 aliphatic carbocycles. The molecule has 0 saturated carbocycles. The molecule has 0 unspecified atom stereocenters. The molecule has 3 aromatic heterocycles. The van der Waals surface area contributed by atoms with Crippen molar-refractivity contribution in [3.8, 4) is 39.7 Å². The second-order valence-electron chi connectivity index (χ2n) is 16.6. The fourth-order valence-corrected chi connectivity index (χ4v) is 7.22. The number of furan rings is 1. The number of fused-ring (bicyclic) bond motifs is 6. The van der Waals surface area contributed by atoms with E-state index in [0.717, 1.165) is 60.9 Å². The van der Waals surface area contributed by atoms with Gasteiger partial charge in [0, 0.05) is 54.4 Å². The van der Waals surface area contributed by atoms with E-state index in [1.165, 1.54) is 11.6 Å². The summed E-state index contributed by atoms with van der Waals surface area (Å²) in [7, 11) is 0. The summed E-state index contributed by atoms with van der Waals surface area (Å²) in [5.41, 5.74) is 6.74. The van der Waals surface area contributed by atoms with Crippen molar-refractivity contribution in [2.75, 3.05) is 0 Å². The molecule has 0 aliphatic heterocycles. The maximum Gasteiger partial charge on any atom is 0.121 e. The van der Waals surface area contributed by atoms with Crippen LogP contribution >= 0.6 is 0 Å². The van der Waals surface area contributed by atoms with E-state index < -0.39 is 25.5 Å². The van der Waals surface area contributed by atoms with Crippen LogP contribution in [0, 0.1) is 42.6 Å². The molecule has 4 nitrogen and oxygen atoms in total. The van der Waals surface area contributed by atoms with Crippen molar-refractivity contribution in [3.63, 3.8) is 0 Å². The Labute approximate surface area is 372 Å². The van der Waals surface area contributed by atoms with Crippen LogP contribution in [0.3, 0.4) is 0 Å². The van der Waals surface area contributed by atoms with Crippen molar-refractivity contribution in [1.29, 1.82) is 5.26 Å². The van der Waals surface area contributed by atoms with E-state index in [1.807, 2.05) is 81.4 Å². The standard InChI is InChI=1S/C38H29N2O.C16H18N.Ir/c1-22-15-35(40-21-23(22)2)30-8-6-7-29-34-17-26-10-9-25-16-31(24-11-13-28(14-12-24)38(3,4)5)27(20-39)18-32(25)33(26)19-36(34)41-37(29)30;1-16(2,3)11-13-9-10-15(17-12-13)14-7-5-4-6-8-14;/h6-7,9-19,21H,1-5H3;4-7,9-10,12H,11H2,1-3H3;/q2*-1;/i1D3,2D3;11D2;. The largest absolute Gasteiger partial charge is 0.501 e. The number of benzene rings is 6. The molecule has 0 aliphatic rings. The van der Waals surface area contributed by atoms with E-state index in [-0.39, 0.29) is 42.3 Å². The van der Waals surface area contributed by atoms with Crippen molar-refractivity contribution in [1.82, 2.24) is 9.97 Å². The van der Waals surface area contributed by atoms with Crippen molar-refractivity contribution in [3.05, 3.63) is 168 Å². The first-order chi connectivity index (χ1) is 31.0. The summed E-state index contributed by atoms with van der Waals surface area (Å²) in [6, 6.07) is 45.4. The second-order valence-corrected chi connectivity index (χ2v) is 16.6. The Hall–Kier alpha value is -5.92. The van der Waals surface area contributed by atoms with Gasteiger partial charge >= 0.3 is 0 Å². The third-order valence-corrected chi connectivity index (χ3v) is 10.1. The average molecular weight is 954 g/mol. The zero-order chi connectivity index (χ0) is 47.6. The molecule has 5 heteroatoms. The molecule has 6 aromatic carbocycles. The van der Waals surface area contributed by atoms with E-state index in [9.17, 15) is 5.26 Å². The Morgan fingerprint density at radius 3 is 2.12 bits per heavy atom. The number of nitriles is 1. The van der Waals surface area contributed by atoms with Crippen LogP contribution in [0.2, 0.25) is 0 Å². The van der Waals surface area contributed by atoms with Crippen LogP contribution in [-0.4, -0.2) is 9.97 Å². The van der Waals surface area contributed by atoms with Gasteiger partial charge in [-0.2, -0.15) is 5.26 Å². The van der Waals surface area contributed by atoms with Gasteiger partial charge in [-0.3, -0.25) is 0 Å². The molecule has 1 radical (unpaired) electrons. The fourth-order valence-electron chi connectivity index (χ4n) is 7.22. The molecular formula is C54H47IrN3O-2. The molecule has 0 saturated heterocycles. The first-order valence-corrected chi connectivity index (χ1v) is 19.2. The van der Waals surface area contributed by atoms with Gasteiger partial charge in [-0.15, -0.1) is 54.1 Å². The van der Waals surface area contributed by atoms with Crippen LogP contribution < -0.4 is 0 Å². The van der Waals surface area contributed by atoms with Crippen molar-refractivity contribution >= 4 is 43.5 Å². The van der Waals surface area contributed by atoms with Gasteiger partial charge in [-0.1, -0.05) is 113 Å². The van der Waals surface area contributed by atoms with Crippen molar-refractivity contribution in [2.24, 2.45) is 5.41 Å². The third-order valence-electron chi connectivity index (χ3n) is 10.1. The Bertz CT molecular complexity index is 3320. The predicted octanol–water partition coefficient (Wildman–Crippen LogP) is 14.3. The number of aromatic nitrogens is 2. The summed E-state index contributed by atoms with van der Waals surface area (Å²) >= 11 is 0. The first kappa shape index (κ1) is 32.0. The van der Waals surface area contributed by atoms with Crippen LogP contribution in [0.15, 0.2) is 132 Å². The summed E-state index contributed by atoms with van der Waals surface area (Å²) in [5, 5.41) is 15.6. The Morgan fingerprint density at radius 1 is 0.712 bits per heavy atom. The van der Waals surface area contributed by atoms with Gasteiger partial charge < -0.3 is 14.4 Å². The van der Waals surface area contributed by atoms with Crippen molar-refractivity contribution in [2.45, 2.75) is 67.0 Å². The molecule has 9 rings (SSSR count). The number of pyridine rings is 2. The quantitative estimate of drug-likeness (QED) is 0.130. The topological polar surface area (TPSA) is 62.7 Å². The molecule has 295 valence electrons. The van der Waals surface area contributed by atoms with Crippen molar-refractivity contribution < 1.29 is 35.5 Å². The van der Waals surface area contributed by atoms with Gasteiger partial charge in [0.15, 0.2) is 0 Å². The summed E-state index contributed by atoms with van der Waals surface area (Å²) in [4.78, 5) is 8.70. The fraction of sp³-hybridized carbons (Fsp3) is 0.204. The summed E-state index contributed by atoms with van der Waals surface area (Å²) in [5.74, 6) is 0. The van der Waals surface area contributed by atoms with Crippen LogP contribution in [-0.2, 0) is 31.9 Å². The number of rotatable bonds is 4. The minimum atomic E-state index is -2.65. The molecule has 59 heavy (non-hydrogen) atoms. The number of hydrogen-bond donors (Lipinski definition) is 0. The number of aryl methyl sites for hydroxylation is 2. The van der Waals surface area contributed by atoms with Gasteiger partial charge in [0.2, 0.25) is 0 Å². The molecule has 0 atom stereocenters. The van der Waals surface area contributed by atoms with Gasteiger partial charge in [0.1, 0.15) is 5.58 Å². The molecule has 0 amide bonds. The second kappa shape index (κ2) is 16.4. The monoisotopic (exact) mass is 954 g/mol. The minimum Gasteiger partial charge on any atom is -0.501 e. The Morgan fingerprint density at radius 2 is 1.46 bits per heavy atom. The zero-order valence-corrected chi connectivity index (χ0v) is 36.1. The van der Waals surface area contributed by atoms with Gasteiger partial charge in [-0.05, 0) is 110 Å². The minimum absolute atomic E-state index is 0. The van der Waals surface area contributed by atoms with Gasteiger partial charge in [-0.25, -0.2) is 0 Å². The van der Waals surface area contributed by atoms with E-state index in [4.69, 9.17) is 15.4 Å². The Kier molecular flexibility index (Phi) is 8.88. The van der Waals surface area contributed by atoms with Crippen LogP contribution in [0.1, 0.15) is 80.3 Å². The SMILES string of the molecule is [2H]C([2H])([2H])c1cnc(-c2[c-]ccc3c2oc2cc4c(ccc5cc(-c6ccc(C(C)(C)C)cc6)c(C#N)cc54)cc23)cc1C([2H])([2H])[2H].[2H]C([2H])(c1ccc(-c2[c-]cccc2)nc1)C(C)(C)C.[Ir].